The number of rotatable bonds is 5. The van der Waals surface area contributed by atoms with E-state index in [9.17, 15) is 0 Å². The van der Waals surface area contributed by atoms with Gasteiger partial charge in [-0.1, -0.05) is 12.8 Å². The van der Waals surface area contributed by atoms with Gasteiger partial charge in [0, 0.05) is 30.0 Å². The molecular formula is C18H30N4OS. The average Bonchev–Trinajstić information content (AvgIpc) is 3.19. The third-order valence-corrected chi connectivity index (χ3v) is 6.77. The maximum atomic E-state index is 6.00. The van der Waals surface area contributed by atoms with Crippen LogP contribution in [-0.2, 0) is 11.3 Å². The Balaban J connectivity index is 1.57. The number of hydrogen-bond acceptors (Lipinski definition) is 4. The minimum atomic E-state index is 0.321. The number of aromatic nitrogens is 1. The Kier molecular flexibility index (Phi) is 5.45. The summed E-state index contributed by atoms with van der Waals surface area (Å²) in [5, 5.41) is 8.19. The first kappa shape index (κ1) is 17.7. The fourth-order valence-electron chi connectivity index (χ4n) is 4.22. The Morgan fingerprint density at radius 2 is 2.12 bits per heavy atom. The fraction of sp³-hybridized carbons (Fsp3) is 0.778. The molecular weight excluding hydrogens is 320 g/mol. The predicted molar refractivity (Wildman–Crippen MR) is 99.6 cm³/mol. The van der Waals surface area contributed by atoms with Crippen molar-refractivity contribution in [1.82, 2.24) is 15.6 Å². The molecule has 1 aromatic rings. The second-order valence-electron chi connectivity index (χ2n) is 6.99. The number of nitrogens with one attached hydrogen (secondary N) is 2. The van der Waals surface area contributed by atoms with Gasteiger partial charge in [-0.15, -0.1) is 11.3 Å². The molecule has 2 saturated carbocycles. The van der Waals surface area contributed by atoms with E-state index in [1.165, 1.54) is 30.6 Å². The zero-order chi connectivity index (χ0) is 17.2. The van der Waals surface area contributed by atoms with E-state index in [0.29, 0.717) is 17.6 Å². The molecule has 134 valence electrons. The second-order valence-corrected chi connectivity index (χ2v) is 8.28. The van der Waals surface area contributed by atoms with E-state index in [2.05, 4.69) is 41.4 Å². The topological polar surface area (TPSA) is 58.5 Å². The Bertz CT molecular complexity index is 572. The first-order valence-corrected chi connectivity index (χ1v) is 9.92. The molecule has 1 heterocycles. The van der Waals surface area contributed by atoms with E-state index in [0.717, 1.165) is 36.2 Å². The maximum Gasteiger partial charge on any atom is 0.191 e. The van der Waals surface area contributed by atoms with Gasteiger partial charge in [0.25, 0.3) is 0 Å². The van der Waals surface area contributed by atoms with E-state index < -0.39 is 0 Å². The summed E-state index contributed by atoms with van der Waals surface area (Å²) in [7, 11) is 1.84. The van der Waals surface area contributed by atoms with Crippen molar-refractivity contribution in [1.29, 1.82) is 0 Å². The summed E-state index contributed by atoms with van der Waals surface area (Å²) in [5.74, 6) is 0.881. The number of aryl methyl sites for hydroxylation is 2. The van der Waals surface area contributed by atoms with Gasteiger partial charge in [-0.2, -0.15) is 0 Å². The monoisotopic (exact) mass is 350 g/mol. The van der Waals surface area contributed by atoms with Crippen LogP contribution < -0.4 is 10.6 Å². The van der Waals surface area contributed by atoms with Crippen LogP contribution in [0.1, 0.15) is 54.6 Å². The largest absolute Gasteiger partial charge is 0.378 e. The molecule has 24 heavy (non-hydrogen) atoms. The molecule has 0 radical (unpaired) electrons. The zero-order valence-corrected chi connectivity index (χ0v) is 16.1. The van der Waals surface area contributed by atoms with Crippen molar-refractivity contribution in [3.8, 4) is 0 Å². The van der Waals surface area contributed by atoms with Crippen molar-refractivity contribution in [2.45, 2.75) is 71.6 Å². The van der Waals surface area contributed by atoms with Crippen LogP contribution in [-0.4, -0.2) is 36.7 Å². The molecule has 0 amide bonds. The molecule has 0 aliphatic heterocycles. The highest BCUT2D eigenvalue weighted by Crippen LogP contribution is 2.54. The van der Waals surface area contributed by atoms with Gasteiger partial charge < -0.3 is 15.4 Å². The summed E-state index contributed by atoms with van der Waals surface area (Å²) < 4.78 is 6.00. The summed E-state index contributed by atoms with van der Waals surface area (Å²) in [5.41, 5.74) is 1.45. The smallest absolute Gasteiger partial charge is 0.191 e. The van der Waals surface area contributed by atoms with Crippen LogP contribution in [0.25, 0.3) is 0 Å². The van der Waals surface area contributed by atoms with E-state index >= 15 is 0 Å². The quantitative estimate of drug-likeness (QED) is 0.633. The number of ether oxygens (including phenoxy) is 1. The molecule has 1 spiro atoms. The lowest BCUT2D eigenvalue weighted by atomic mass is 9.60. The molecule has 3 rings (SSSR count). The lowest BCUT2D eigenvalue weighted by Crippen LogP contribution is -2.65. The van der Waals surface area contributed by atoms with Crippen molar-refractivity contribution >= 4 is 17.3 Å². The van der Waals surface area contributed by atoms with Gasteiger partial charge in [0.15, 0.2) is 5.96 Å². The lowest BCUT2D eigenvalue weighted by Gasteiger charge is -2.54. The van der Waals surface area contributed by atoms with Crippen molar-refractivity contribution in [3.63, 3.8) is 0 Å². The van der Waals surface area contributed by atoms with Crippen LogP contribution >= 0.6 is 11.3 Å². The highest BCUT2D eigenvalue weighted by Gasteiger charge is 2.56. The normalized spacial score (nSPS) is 25.8. The number of aliphatic imine (C=N–C) groups is 1. The van der Waals surface area contributed by atoms with E-state index in [1.54, 1.807) is 11.3 Å². The van der Waals surface area contributed by atoms with Gasteiger partial charge in [0.1, 0.15) is 5.01 Å². The van der Waals surface area contributed by atoms with Gasteiger partial charge in [0.05, 0.1) is 18.3 Å². The average molecular weight is 351 g/mol. The lowest BCUT2D eigenvalue weighted by molar-refractivity contribution is -0.125. The van der Waals surface area contributed by atoms with Gasteiger partial charge in [-0.3, -0.25) is 4.99 Å². The molecule has 2 fully saturated rings. The fourth-order valence-corrected chi connectivity index (χ4v) is 5.10. The highest BCUT2D eigenvalue weighted by atomic mass is 32.1. The van der Waals surface area contributed by atoms with Crippen LogP contribution in [0, 0.1) is 19.3 Å². The third kappa shape index (κ3) is 3.31. The van der Waals surface area contributed by atoms with Crippen LogP contribution in [0.4, 0.5) is 0 Å². The van der Waals surface area contributed by atoms with Crippen LogP contribution in [0.15, 0.2) is 4.99 Å². The molecule has 2 N–H and O–H groups in total. The summed E-state index contributed by atoms with van der Waals surface area (Å²) in [6.45, 7) is 7.83. The Hall–Kier alpha value is -1.14. The number of thiazole rings is 1. The van der Waals surface area contributed by atoms with Crippen molar-refractivity contribution in [2.75, 3.05) is 13.7 Å². The minimum Gasteiger partial charge on any atom is -0.378 e. The highest BCUT2D eigenvalue weighted by molar-refractivity contribution is 7.11. The summed E-state index contributed by atoms with van der Waals surface area (Å²) in [6.07, 6.45) is 6.71. The van der Waals surface area contributed by atoms with Gasteiger partial charge in [-0.05, 0) is 40.0 Å². The summed E-state index contributed by atoms with van der Waals surface area (Å²) in [6, 6.07) is 0.475. The minimum absolute atomic E-state index is 0.321. The molecule has 2 aliphatic rings. The second kappa shape index (κ2) is 7.40. The molecule has 2 atom stereocenters. The standard InChI is InChI=1S/C18H30N4OS/c1-5-23-15-10-14(18(15)8-6-7-9-18)22-17(19-4)20-11-16-21-12(2)13(3)24-16/h14-15H,5-11H2,1-4H3,(H2,19,20,22). The summed E-state index contributed by atoms with van der Waals surface area (Å²) >= 11 is 1.75. The van der Waals surface area contributed by atoms with E-state index in [4.69, 9.17) is 4.74 Å². The Morgan fingerprint density at radius 3 is 2.71 bits per heavy atom. The molecule has 2 unspecified atom stereocenters. The van der Waals surface area contributed by atoms with Crippen molar-refractivity contribution in [3.05, 3.63) is 15.6 Å². The molecule has 0 aromatic carbocycles. The predicted octanol–water partition coefficient (Wildman–Crippen LogP) is 3.16. The zero-order valence-electron chi connectivity index (χ0n) is 15.3. The van der Waals surface area contributed by atoms with Crippen LogP contribution in [0.2, 0.25) is 0 Å². The van der Waals surface area contributed by atoms with Gasteiger partial charge >= 0.3 is 0 Å². The number of hydrogen-bond donors (Lipinski definition) is 2. The summed E-state index contributed by atoms with van der Waals surface area (Å²) in [4.78, 5) is 10.3. The first-order chi connectivity index (χ1) is 11.6. The van der Waals surface area contributed by atoms with Crippen molar-refractivity contribution in [2.24, 2.45) is 10.4 Å². The van der Waals surface area contributed by atoms with Crippen LogP contribution in [0.5, 0.6) is 0 Å². The van der Waals surface area contributed by atoms with E-state index in [-0.39, 0.29) is 0 Å². The van der Waals surface area contributed by atoms with Crippen LogP contribution in [0.3, 0.4) is 0 Å². The molecule has 2 aliphatic carbocycles. The molecule has 5 nitrogen and oxygen atoms in total. The molecule has 6 heteroatoms. The molecule has 1 aromatic heterocycles. The van der Waals surface area contributed by atoms with Crippen molar-refractivity contribution < 1.29 is 4.74 Å². The number of nitrogens with zero attached hydrogens (tertiary/aromatic N) is 2. The molecule has 0 saturated heterocycles. The van der Waals surface area contributed by atoms with Gasteiger partial charge in [0.2, 0.25) is 0 Å². The number of guanidine groups is 1. The maximum absolute atomic E-state index is 6.00. The van der Waals surface area contributed by atoms with Gasteiger partial charge in [-0.25, -0.2) is 4.98 Å². The third-order valence-electron chi connectivity index (χ3n) is 5.70. The molecule has 0 bridgehead atoms. The van der Waals surface area contributed by atoms with E-state index in [1.807, 2.05) is 7.05 Å². The Morgan fingerprint density at radius 1 is 1.38 bits per heavy atom. The first-order valence-electron chi connectivity index (χ1n) is 9.10. The Labute approximate surface area is 149 Å². The SMILES string of the molecule is CCOC1CC(NC(=NC)NCc2nc(C)c(C)s2)C12CCCC2.